The molecule has 0 unspecified atom stereocenters. The lowest BCUT2D eigenvalue weighted by atomic mass is 9.79. The summed E-state index contributed by atoms with van der Waals surface area (Å²) in [4.78, 5) is 0. The predicted octanol–water partition coefficient (Wildman–Crippen LogP) is 16.3. The zero-order valence-electron chi connectivity index (χ0n) is 33.3. The topological polar surface area (TPSA) is 0 Å². The highest BCUT2D eigenvalue weighted by atomic mass is 14.4. The Morgan fingerprint density at radius 2 is 0.627 bits per heavy atom. The van der Waals surface area contributed by atoms with E-state index in [-0.39, 0.29) is 5.41 Å². The monoisotopic (exact) mass is 750 g/mol. The molecule has 0 aliphatic heterocycles. The Labute approximate surface area is 346 Å². The molecule has 0 spiro atoms. The molecule has 0 N–H and O–H groups in total. The second-order valence-electron chi connectivity index (χ2n) is 16.4. The van der Waals surface area contributed by atoms with Crippen molar-refractivity contribution in [3.63, 3.8) is 0 Å². The molecule has 10 aromatic rings. The van der Waals surface area contributed by atoms with Crippen LogP contribution in [0.5, 0.6) is 0 Å². The maximum atomic E-state index is 2.54. The van der Waals surface area contributed by atoms with Crippen molar-refractivity contribution in [1.29, 1.82) is 0 Å². The Kier molecular flexibility index (Phi) is 8.27. The summed E-state index contributed by atoms with van der Waals surface area (Å²) in [5.41, 5.74) is 20.0. The molecule has 0 heterocycles. The van der Waals surface area contributed by atoms with Gasteiger partial charge in [0.2, 0.25) is 0 Å². The number of hydrogen-bond acceptors (Lipinski definition) is 0. The zero-order chi connectivity index (χ0) is 39.5. The van der Waals surface area contributed by atoms with Crippen LogP contribution in [0.3, 0.4) is 0 Å². The summed E-state index contributed by atoms with van der Waals surface area (Å²) in [6.45, 7) is 4.78. The highest BCUT2D eigenvalue weighted by Crippen LogP contribution is 2.53. The van der Waals surface area contributed by atoms with Gasteiger partial charge in [-0.25, -0.2) is 0 Å². The Morgan fingerprint density at radius 3 is 1.20 bits per heavy atom. The second kappa shape index (κ2) is 14.0. The molecule has 0 saturated carbocycles. The molecule has 0 nitrogen and oxygen atoms in total. The molecular formula is C59H42. The van der Waals surface area contributed by atoms with Crippen LogP contribution in [0.4, 0.5) is 0 Å². The van der Waals surface area contributed by atoms with Gasteiger partial charge in [0.15, 0.2) is 0 Å². The van der Waals surface area contributed by atoms with Crippen LogP contribution in [-0.4, -0.2) is 0 Å². The minimum absolute atomic E-state index is 0.141. The first-order valence-electron chi connectivity index (χ1n) is 20.7. The average molecular weight is 751 g/mol. The van der Waals surface area contributed by atoms with Crippen LogP contribution in [0.15, 0.2) is 218 Å². The van der Waals surface area contributed by atoms with E-state index in [1.807, 2.05) is 0 Å². The van der Waals surface area contributed by atoms with E-state index in [1.54, 1.807) is 0 Å². The molecule has 278 valence electrons. The lowest BCUT2D eigenvalue weighted by molar-refractivity contribution is 0.661. The summed E-state index contributed by atoms with van der Waals surface area (Å²) in [5, 5.41) is 5.05. The summed E-state index contributed by atoms with van der Waals surface area (Å²) in [5.74, 6) is 0. The van der Waals surface area contributed by atoms with Crippen LogP contribution in [0.1, 0.15) is 25.0 Å². The van der Waals surface area contributed by atoms with E-state index in [4.69, 9.17) is 0 Å². The SMILES string of the molecule is CC1(C)c2ccccc2-c2cc3c(-c4ccc(-c5ccccc5)cc4)c4ccc(-c5ccccc5-c5ccccc5)cc4c(-c4ccc(-c5ccccc5)cc4)c3cc21. The van der Waals surface area contributed by atoms with E-state index in [2.05, 4.69) is 232 Å². The summed E-state index contributed by atoms with van der Waals surface area (Å²) in [6, 6.07) is 80.7. The van der Waals surface area contributed by atoms with Crippen molar-refractivity contribution in [3.05, 3.63) is 230 Å². The van der Waals surface area contributed by atoms with E-state index in [0.717, 1.165) is 0 Å². The lowest BCUT2D eigenvalue weighted by Crippen LogP contribution is -2.14. The van der Waals surface area contributed by atoms with Crippen LogP contribution >= 0.6 is 0 Å². The fourth-order valence-electron chi connectivity index (χ4n) is 9.73. The van der Waals surface area contributed by atoms with Crippen LogP contribution < -0.4 is 0 Å². The maximum Gasteiger partial charge on any atom is 0.0159 e. The predicted molar refractivity (Wildman–Crippen MR) is 252 cm³/mol. The van der Waals surface area contributed by atoms with Gasteiger partial charge >= 0.3 is 0 Å². The average Bonchev–Trinajstić information content (AvgIpc) is 3.53. The van der Waals surface area contributed by atoms with Crippen molar-refractivity contribution in [1.82, 2.24) is 0 Å². The summed E-state index contributed by atoms with van der Waals surface area (Å²) < 4.78 is 0. The third kappa shape index (κ3) is 5.83. The quantitative estimate of drug-likeness (QED) is 0.149. The smallest absolute Gasteiger partial charge is 0.0159 e. The van der Waals surface area contributed by atoms with Gasteiger partial charge in [0.1, 0.15) is 0 Å². The van der Waals surface area contributed by atoms with E-state index in [9.17, 15) is 0 Å². The van der Waals surface area contributed by atoms with Crippen LogP contribution in [0.2, 0.25) is 0 Å². The van der Waals surface area contributed by atoms with Gasteiger partial charge in [0.25, 0.3) is 0 Å². The highest BCUT2D eigenvalue weighted by molar-refractivity contribution is 6.23. The van der Waals surface area contributed by atoms with Crippen molar-refractivity contribution >= 4 is 21.5 Å². The highest BCUT2D eigenvalue weighted by Gasteiger charge is 2.36. The van der Waals surface area contributed by atoms with Crippen LogP contribution in [0, 0.1) is 0 Å². The van der Waals surface area contributed by atoms with Gasteiger partial charge in [-0.2, -0.15) is 0 Å². The van der Waals surface area contributed by atoms with E-state index in [1.165, 1.54) is 111 Å². The molecule has 0 heteroatoms. The molecule has 0 saturated heterocycles. The van der Waals surface area contributed by atoms with Gasteiger partial charge in [-0.05, 0) is 129 Å². The molecule has 0 atom stereocenters. The Hall–Kier alpha value is -7.28. The fraction of sp³-hybridized carbons (Fsp3) is 0.0508. The zero-order valence-corrected chi connectivity index (χ0v) is 33.3. The maximum absolute atomic E-state index is 2.54. The van der Waals surface area contributed by atoms with Crippen LogP contribution in [0.25, 0.3) is 99.4 Å². The Bertz CT molecular complexity index is 3170. The molecule has 0 fully saturated rings. The minimum Gasteiger partial charge on any atom is -0.0622 e. The summed E-state index contributed by atoms with van der Waals surface area (Å²) in [6.07, 6.45) is 0. The largest absolute Gasteiger partial charge is 0.0622 e. The van der Waals surface area contributed by atoms with Gasteiger partial charge in [-0.15, -0.1) is 0 Å². The third-order valence-corrected chi connectivity index (χ3v) is 12.7. The van der Waals surface area contributed by atoms with Gasteiger partial charge in [0.05, 0.1) is 0 Å². The second-order valence-corrected chi connectivity index (χ2v) is 16.4. The molecule has 0 radical (unpaired) electrons. The Balaban J connectivity index is 1.24. The van der Waals surface area contributed by atoms with Gasteiger partial charge < -0.3 is 0 Å². The first kappa shape index (κ1) is 34.9. The minimum atomic E-state index is -0.141. The van der Waals surface area contributed by atoms with Crippen molar-refractivity contribution in [2.75, 3.05) is 0 Å². The normalized spacial score (nSPS) is 12.7. The fourth-order valence-corrected chi connectivity index (χ4v) is 9.73. The lowest BCUT2D eigenvalue weighted by Gasteiger charge is -2.24. The van der Waals surface area contributed by atoms with Crippen molar-refractivity contribution in [2.45, 2.75) is 19.3 Å². The van der Waals surface area contributed by atoms with E-state index >= 15 is 0 Å². The number of fused-ring (bicyclic) bond motifs is 5. The number of hydrogen-bond donors (Lipinski definition) is 0. The third-order valence-electron chi connectivity index (χ3n) is 12.7. The van der Waals surface area contributed by atoms with Gasteiger partial charge in [-0.3, -0.25) is 0 Å². The van der Waals surface area contributed by atoms with Crippen molar-refractivity contribution < 1.29 is 0 Å². The molecule has 0 aromatic heterocycles. The molecule has 11 rings (SSSR count). The first-order chi connectivity index (χ1) is 29.0. The van der Waals surface area contributed by atoms with Gasteiger partial charge in [0, 0.05) is 5.41 Å². The molecular weight excluding hydrogens is 709 g/mol. The van der Waals surface area contributed by atoms with Crippen LogP contribution in [-0.2, 0) is 5.41 Å². The molecule has 1 aliphatic carbocycles. The summed E-state index contributed by atoms with van der Waals surface area (Å²) in [7, 11) is 0. The molecule has 1 aliphatic rings. The first-order valence-corrected chi connectivity index (χ1v) is 20.7. The molecule has 0 amide bonds. The van der Waals surface area contributed by atoms with Crippen molar-refractivity contribution in [2.24, 2.45) is 0 Å². The van der Waals surface area contributed by atoms with Gasteiger partial charge in [-0.1, -0.05) is 214 Å². The van der Waals surface area contributed by atoms with E-state index < -0.39 is 0 Å². The van der Waals surface area contributed by atoms with Crippen molar-refractivity contribution in [3.8, 4) is 77.9 Å². The molecule has 0 bridgehead atoms. The molecule has 10 aromatic carbocycles. The standard InChI is InChI=1S/C59H42/c1-59(2)55-25-15-14-24-49(55)51-37-53-54(38-56(51)59)58(45-32-28-42(29-33-45)40-18-8-4-9-19-40)52-36-46(48-23-13-12-22-47(48)43-20-10-5-11-21-43)34-35-50(52)57(53)44-30-26-41(27-31-44)39-16-6-3-7-17-39/h3-38H,1-2H3. The number of benzene rings is 10. The Morgan fingerprint density at radius 1 is 0.237 bits per heavy atom. The van der Waals surface area contributed by atoms with E-state index in [0.29, 0.717) is 0 Å². The molecule has 59 heavy (non-hydrogen) atoms. The summed E-state index contributed by atoms with van der Waals surface area (Å²) >= 11 is 0. The number of rotatable bonds is 6.